The number of nitrogens with zero attached hydrogens (tertiary/aromatic N) is 1. The second-order valence-electron chi connectivity index (χ2n) is 5.85. The van der Waals surface area contributed by atoms with Crippen molar-refractivity contribution in [1.29, 1.82) is 0 Å². The van der Waals surface area contributed by atoms with Crippen LogP contribution in [0.4, 0.5) is 5.69 Å². The number of hydrogen-bond acceptors (Lipinski definition) is 3. The first kappa shape index (κ1) is 15.1. The van der Waals surface area contributed by atoms with Gasteiger partial charge >= 0.3 is 0 Å². The van der Waals surface area contributed by atoms with Gasteiger partial charge in [-0.15, -0.1) is 0 Å². The maximum absolute atomic E-state index is 12.8. The molecule has 1 amide bonds. The van der Waals surface area contributed by atoms with Crippen molar-refractivity contribution >= 4 is 22.4 Å². The molecule has 3 aromatic carbocycles. The molecule has 0 aliphatic heterocycles. The van der Waals surface area contributed by atoms with Crippen molar-refractivity contribution in [3.63, 3.8) is 0 Å². The third-order valence-corrected chi connectivity index (χ3v) is 4.13. The van der Waals surface area contributed by atoms with Crippen molar-refractivity contribution in [2.45, 2.75) is 6.92 Å². The van der Waals surface area contributed by atoms with Gasteiger partial charge in [-0.25, -0.2) is 0 Å². The lowest BCUT2D eigenvalue weighted by atomic mass is 10.1. The highest BCUT2D eigenvalue weighted by atomic mass is 16.5. The lowest BCUT2D eigenvalue weighted by Gasteiger charge is -2.07. The number of anilines is 1. The Labute approximate surface area is 145 Å². The summed E-state index contributed by atoms with van der Waals surface area (Å²) >= 11 is 0. The second-order valence-corrected chi connectivity index (χ2v) is 5.85. The number of benzene rings is 3. The van der Waals surface area contributed by atoms with E-state index in [-0.39, 0.29) is 5.91 Å². The minimum atomic E-state index is -0.229. The molecular formula is C21H16N2O2. The summed E-state index contributed by atoms with van der Waals surface area (Å²) < 4.78 is 5.40. The van der Waals surface area contributed by atoms with Crippen LogP contribution in [0.15, 0.2) is 77.3 Å². The van der Waals surface area contributed by atoms with E-state index in [2.05, 4.69) is 10.5 Å². The van der Waals surface area contributed by atoms with E-state index in [1.807, 2.05) is 72.8 Å². The lowest BCUT2D eigenvalue weighted by Crippen LogP contribution is -2.13. The summed E-state index contributed by atoms with van der Waals surface area (Å²) in [6.45, 7) is 1.77. The lowest BCUT2D eigenvalue weighted by molar-refractivity contribution is 0.102. The first-order valence-corrected chi connectivity index (χ1v) is 8.04. The van der Waals surface area contributed by atoms with Crippen molar-refractivity contribution in [1.82, 2.24) is 5.16 Å². The fourth-order valence-corrected chi connectivity index (χ4v) is 2.88. The average Bonchev–Trinajstić information content (AvgIpc) is 3.04. The molecule has 0 radical (unpaired) electrons. The molecule has 0 bridgehead atoms. The Bertz CT molecular complexity index is 1050. The zero-order valence-corrected chi connectivity index (χ0v) is 13.7. The van der Waals surface area contributed by atoms with E-state index < -0.39 is 0 Å². The van der Waals surface area contributed by atoms with Gasteiger partial charge in [-0.3, -0.25) is 4.79 Å². The molecule has 0 saturated heterocycles. The van der Waals surface area contributed by atoms with Crippen molar-refractivity contribution in [3.05, 3.63) is 84.1 Å². The fraction of sp³-hybridized carbons (Fsp3) is 0.0476. The summed E-state index contributed by atoms with van der Waals surface area (Å²) in [5.74, 6) is 0.254. The van der Waals surface area contributed by atoms with Gasteiger partial charge in [-0.2, -0.15) is 0 Å². The van der Waals surface area contributed by atoms with E-state index in [1.165, 1.54) is 0 Å². The Kier molecular flexibility index (Phi) is 3.78. The Balaban J connectivity index is 1.68. The minimum Gasteiger partial charge on any atom is -0.355 e. The number of carbonyl (C=O) groups excluding carboxylic acids is 1. The first-order valence-electron chi connectivity index (χ1n) is 8.04. The predicted molar refractivity (Wildman–Crippen MR) is 98.6 cm³/mol. The van der Waals surface area contributed by atoms with Gasteiger partial charge < -0.3 is 9.84 Å². The molecule has 1 aromatic heterocycles. The fourth-order valence-electron chi connectivity index (χ4n) is 2.88. The van der Waals surface area contributed by atoms with Crippen LogP contribution in [0.1, 0.15) is 16.1 Å². The van der Waals surface area contributed by atoms with Crippen molar-refractivity contribution in [2.24, 2.45) is 0 Å². The largest absolute Gasteiger partial charge is 0.355 e. The van der Waals surface area contributed by atoms with E-state index in [1.54, 1.807) is 6.92 Å². The summed E-state index contributed by atoms with van der Waals surface area (Å²) in [7, 11) is 0. The van der Waals surface area contributed by atoms with Crippen LogP contribution >= 0.6 is 0 Å². The molecule has 4 rings (SSSR count). The van der Waals surface area contributed by atoms with Crippen molar-refractivity contribution in [2.75, 3.05) is 5.32 Å². The van der Waals surface area contributed by atoms with Crippen molar-refractivity contribution in [3.8, 4) is 11.3 Å². The van der Waals surface area contributed by atoms with Gasteiger partial charge in [-0.05, 0) is 29.8 Å². The topological polar surface area (TPSA) is 55.1 Å². The Morgan fingerprint density at radius 3 is 2.44 bits per heavy atom. The molecule has 0 spiro atoms. The summed E-state index contributed by atoms with van der Waals surface area (Å²) in [5, 5.41) is 9.12. The molecule has 0 aliphatic rings. The van der Waals surface area contributed by atoms with Crippen molar-refractivity contribution < 1.29 is 9.32 Å². The minimum absolute atomic E-state index is 0.229. The van der Waals surface area contributed by atoms with E-state index in [4.69, 9.17) is 4.52 Å². The number of rotatable bonds is 3. The molecular weight excluding hydrogens is 312 g/mol. The van der Waals surface area contributed by atoms with Crippen LogP contribution in [0.25, 0.3) is 22.1 Å². The first-order chi connectivity index (χ1) is 12.2. The molecule has 4 aromatic rings. The smallest absolute Gasteiger partial charge is 0.261 e. The standard InChI is InChI=1S/C21H16N2O2/c1-14-19(20(25-23-14)16-8-3-2-4-9-16)21(24)22-18-12-11-15-7-5-6-10-17(15)13-18/h2-13H,1H3,(H,22,24). The molecule has 4 heteroatoms. The molecule has 1 heterocycles. The average molecular weight is 328 g/mol. The number of aromatic nitrogens is 1. The number of nitrogens with one attached hydrogen (secondary N) is 1. The van der Waals surface area contributed by atoms with Crippen LogP contribution in [-0.4, -0.2) is 11.1 Å². The highest BCUT2D eigenvalue weighted by Crippen LogP contribution is 2.27. The summed E-state index contributed by atoms with van der Waals surface area (Å²) in [5.41, 5.74) is 2.59. The van der Waals surface area contributed by atoms with E-state index in [0.717, 1.165) is 22.0 Å². The summed E-state index contributed by atoms with van der Waals surface area (Å²) in [6.07, 6.45) is 0. The van der Waals surface area contributed by atoms with E-state index >= 15 is 0 Å². The van der Waals surface area contributed by atoms with Crippen LogP contribution in [0, 0.1) is 6.92 Å². The maximum atomic E-state index is 12.8. The monoisotopic (exact) mass is 328 g/mol. The quantitative estimate of drug-likeness (QED) is 0.572. The molecule has 0 aliphatic carbocycles. The molecule has 0 saturated carbocycles. The highest BCUT2D eigenvalue weighted by Gasteiger charge is 2.21. The van der Waals surface area contributed by atoms with Crippen LogP contribution in [0.5, 0.6) is 0 Å². The Morgan fingerprint density at radius 2 is 1.64 bits per heavy atom. The van der Waals surface area contributed by atoms with Crippen LogP contribution in [-0.2, 0) is 0 Å². The highest BCUT2D eigenvalue weighted by molar-refractivity contribution is 6.09. The van der Waals surface area contributed by atoms with E-state index in [0.29, 0.717) is 17.0 Å². The molecule has 25 heavy (non-hydrogen) atoms. The normalized spacial score (nSPS) is 10.8. The third kappa shape index (κ3) is 2.90. The summed E-state index contributed by atoms with van der Waals surface area (Å²) in [4.78, 5) is 12.8. The molecule has 4 nitrogen and oxygen atoms in total. The number of amides is 1. The number of aryl methyl sites for hydroxylation is 1. The number of carbonyl (C=O) groups is 1. The number of hydrogen-bond donors (Lipinski definition) is 1. The van der Waals surface area contributed by atoms with Gasteiger partial charge in [0.2, 0.25) is 0 Å². The second kappa shape index (κ2) is 6.24. The van der Waals surface area contributed by atoms with Crippen LogP contribution in [0.3, 0.4) is 0 Å². The predicted octanol–water partition coefficient (Wildman–Crippen LogP) is 5.06. The van der Waals surface area contributed by atoms with Gasteiger partial charge in [0.05, 0.1) is 5.69 Å². The van der Waals surface area contributed by atoms with Crippen LogP contribution < -0.4 is 5.32 Å². The zero-order valence-electron chi connectivity index (χ0n) is 13.7. The van der Waals surface area contributed by atoms with Gasteiger partial charge in [-0.1, -0.05) is 65.8 Å². The number of fused-ring (bicyclic) bond motifs is 1. The zero-order chi connectivity index (χ0) is 17.2. The molecule has 0 fully saturated rings. The molecule has 122 valence electrons. The molecule has 0 unspecified atom stereocenters. The van der Waals surface area contributed by atoms with Gasteiger partial charge in [0, 0.05) is 11.3 Å². The summed E-state index contributed by atoms with van der Waals surface area (Å²) in [6, 6.07) is 23.4. The third-order valence-electron chi connectivity index (χ3n) is 4.13. The molecule has 1 N–H and O–H groups in total. The van der Waals surface area contributed by atoms with Gasteiger partial charge in [0.25, 0.3) is 5.91 Å². The van der Waals surface area contributed by atoms with Crippen LogP contribution in [0.2, 0.25) is 0 Å². The van der Waals surface area contributed by atoms with E-state index in [9.17, 15) is 4.79 Å². The Hall–Kier alpha value is -3.40. The molecule has 0 atom stereocenters. The maximum Gasteiger partial charge on any atom is 0.261 e. The Morgan fingerprint density at radius 1 is 0.920 bits per heavy atom. The van der Waals surface area contributed by atoms with Gasteiger partial charge in [0.1, 0.15) is 5.56 Å². The SMILES string of the molecule is Cc1noc(-c2ccccc2)c1C(=O)Nc1ccc2ccccc2c1. The van der Waals surface area contributed by atoms with Gasteiger partial charge in [0.15, 0.2) is 5.76 Å².